The smallest absolute Gasteiger partial charge is 0.155 e. The summed E-state index contributed by atoms with van der Waals surface area (Å²) in [5, 5.41) is 12.2. The first-order valence-electron chi connectivity index (χ1n) is 10.3. The first-order valence-corrected chi connectivity index (χ1v) is 11.1. The number of aliphatic hydroxyl groups is 1. The van der Waals surface area contributed by atoms with Gasteiger partial charge in [-0.1, -0.05) is 53.9 Å². The number of hydrogen-bond acceptors (Lipinski definition) is 4. The monoisotopic (exact) mass is 627 g/mol. The molecule has 3 aromatic carbocycles. The van der Waals surface area contributed by atoms with Crippen LogP contribution in [0.1, 0.15) is 25.0 Å². The molecule has 0 spiro atoms. The van der Waals surface area contributed by atoms with E-state index < -0.39 is 0 Å². The SMILES string of the molecule is CC(=O)C=C(C)O.[Ir].[c-]1cc2sc3ccccc3c2cc1-c1cc2c3c(cccc3n1)C=C2. The first kappa shape index (κ1) is 23.1. The summed E-state index contributed by atoms with van der Waals surface area (Å²) in [5.74, 6) is -0.0625. The molecule has 0 saturated heterocycles. The Hall–Kier alpha value is -3.11. The van der Waals surface area contributed by atoms with Crippen LogP contribution in [0.2, 0.25) is 0 Å². The molecule has 1 aliphatic rings. The maximum atomic E-state index is 10.0. The van der Waals surface area contributed by atoms with Crippen molar-refractivity contribution in [1.82, 2.24) is 4.98 Å². The molecule has 1 N–H and O–H groups in total. The summed E-state index contributed by atoms with van der Waals surface area (Å²) in [6.07, 6.45) is 5.52. The van der Waals surface area contributed by atoms with Crippen molar-refractivity contribution in [3.05, 3.63) is 89.7 Å². The minimum Gasteiger partial charge on any atom is -0.512 e. The molecule has 0 amide bonds. The zero-order valence-electron chi connectivity index (χ0n) is 18.0. The molecule has 2 heterocycles. The van der Waals surface area contributed by atoms with Crippen molar-refractivity contribution in [2.24, 2.45) is 0 Å². The number of hydrogen-bond donors (Lipinski definition) is 1. The van der Waals surface area contributed by atoms with E-state index in [1.165, 1.54) is 56.6 Å². The van der Waals surface area contributed by atoms with E-state index in [1.807, 2.05) is 11.3 Å². The van der Waals surface area contributed by atoms with Gasteiger partial charge in [0.1, 0.15) is 0 Å². The summed E-state index contributed by atoms with van der Waals surface area (Å²) in [7, 11) is 0. The van der Waals surface area contributed by atoms with Gasteiger partial charge in [-0.25, -0.2) is 0 Å². The van der Waals surface area contributed by atoms with Crippen molar-refractivity contribution in [3.8, 4) is 11.3 Å². The van der Waals surface area contributed by atoms with Crippen LogP contribution >= 0.6 is 11.3 Å². The Labute approximate surface area is 209 Å². The number of thiophene rings is 1. The number of carbonyl (C=O) groups is 1. The second-order valence-corrected chi connectivity index (χ2v) is 8.87. The van der Waals surface area contributed by atoms with E-state index in [0.29, 0.717) is 0 Å². The maximum absolute atomic E-state index is 10.0. The molecule has 0 atom stereocenters. The normalized spacial score (nSPS) is 12.0. The molecule has 1 radical (unpaired) electrons. The summed E-state index contributed by atoms with van der Waals surface area (Å²) in [5.41, 5.74) is 5.61. The Morgan fingerprint density at radius 3 is 2.52 bits per heavy atom. The number of carbonyl (C=O) groups excluding carboxylic acids is 1. The summed E-state index contributed by atoms with van der Waals surface area (Å²) < 4.78 is 2.60. The number of fused-ring (bicyclic) bond motifs is 3. The van der Waals surface area contributed by atoms with Crippen LogP contribution < -0.4 is 0 Å². The van der Waals surface area contributed by atoms with Gasteiger partial charge in [0, 0.05) is 36.3 Å². The van der Waals surface area contributed by atoms with Crippen molar-refractivity contribution in [1.29, 1.82) is 0 Å². The van der Waals surface area contributed by atoms with Crippen LogP contribution in [0.4, 0.5) is 0 Å². The van der Waals surface area contributed by atoms with Gasteiger partial charge in [-0.05, 0) is 52.9 Å². The van der Waals surface area contributed by atoms with E-state index >= 15 is 0 Å². The van der Waals surface area contributed by atoms with Crippen LogP contribution in [0.3, 0.4) is 0 Å². The molecule has 5 heteroatoms. The Bertz CT molecular complexity index is 1580. The Morgan fingerprint density at radius 2 is 1.76 bits per heavy atom. The Balaban J connectivity index is 0.000000287. The molecule has 33 heavy (non-hydrogen) atoms. The zero-order chi connectivity index (χ0) is 22.2. The Kier molecular flexibility index (Phi) is 6.57. The van der Waals surface area contributed by atoms with Crippen LogP contribution in [0, 0.1) is 6.07 Å². The molecule has 3 nitrogen and oxygen atoms in total. The molecule has 165 valence electrons. The summed E-state index contributed by atoms with van der Waals surface area (Å²) in [6, 6.07) is 24.9. The second kappa shape index (κ2) is 9.40. The number of benzene rings is 3. The topological polar surface area (TPSA) is 50.2 Å². The quantitative estimate of drug-likeness (QED) is 0.122. The fourth-order valence-electron chi connectivity index (χ4n) is 4.05. The minimum atomic E-state index is -0.125. The number of aromatic nitrogens is 1. The number of ketones is 1. The van der Waals surface area contributed by atoms with Gasteiger partial charge in [-0.3, -0.25) is 9.78 Å². The number of aliphatic hydroxyl groups excluding tert-OH is 1. The number of rotatable bonds is 2. The third-order valence-electron chi connectivity index (χ3n) is 5.34. The third kappa shape index (κ3) is 4.53. The van der Waals surface area contributed by atoms with E-state index in [1.54, 1.807) is 0 Å². The fraction of sp³-hybridized carbons (Fsp3) is 0.0714. The molecule has 2 aromatic heterocycles. The molecule has 5 aromatic rings. The summed E-state index contributed by atoms with van der Waals surface area (Å²) in [4.78, 5) is 14.9. The standard InChI is InChI=1S/C23H12NS.C5H8O2.Ir/c1-2-7-21-17(5-1)18-12-15(10-11-22(18)25-21)20-13-16-9-8-14-4-3-6-19(24-20)23(14)16;1-4(6)3-5(2)7;/h1-9,11-13H;3,6H,1-2H3;/q-1;;. The van der Waals surface area contributed by atoms with E-state index in [-0.39, 0.29) is 31.6 Å². The summed E-state index contributed by atoms with van der Waals surface area (Å²) >= 11 is 1.82. The molecule has 0 unspecified atom stereocenters. The van der Waals surface area contributed by atoms with Gasteiger partial charge in [-0.2, -0.15) is 11.3 Å². The van der Waals surface area contributed by atoms with E-state index in [2.05, 4.69) is 78.9 Å². The average molecular weight is 627 g/mol. The first-order chi connectivity index (χ1) is 15.5. The fourth-order valence-corrected chi connectivity index (χ4v) is 5.11. The van der Waals surface area contributed by atoms with Gasteiger partial charge in [0.2, 0.25) is 0 Å². The predicted molar refractivity (Wildman–Crippen MR) is 135 cm³/mol. The van der Waals surface area contributed by atoms with Crippen LogP contribution in [0.25, 0.3) is 54.5 Å². The van der Waals surface area contributed by atoms with Crippen LogP contribution in [-0.4, -0.2) is 15.9 Å². The largest absolute Gasteiger partial charge is 0.512 e. The Morgan fingerprint density at radius 1 is 0.970 bits per heavy atom. The van der Waals surface area contributed by atoms with Gasteiger partial charge < -0.3 is 5.11 Å². The molecule has 1 aliphatic carbocycles. The van der Waals surface area contributed by atoms with Crippen molar-refractivity contribution in [2.45, 2.75) is 13.8 Å². The van der Waals surface area contributed by atoms with Gasteiger partial charge in [0.15, 0.2) is 5.78 Å². The number of pyridine rings is 1. The van der Waals surface area contributed by atoms with Crippen molar-refractivity contribution >= 4 is 60.3 Å². The minimum absolute atomic E-state index is 0. The van der Waals surface area contributed by atoms with Crippen LogP contribution in [-0.2, 0) is 24.9 Å². The van der Waals surface area contributed by atoms with Gasteiger partial charge in [-0.15, -0.1) is 23.8 Å². The van der Waals surface area contributed by atoms with Gasteiger partial charge >= 0.3 is 0 Å². The van der Waals surface area contributed by atoms with Crippen molar-refractivity contribution < 1.29 is 30.0 Å². The molecular weight excluding hydrogens is 607 g/mol. The maximum Gasteiger partial charge on any atom is 0.155 e. The van der Waals surface area contributed by atoms with Crippen LogP contribution in [0.15, 0.2) is 72.5 Å². The molecule has 6 rings (SSSR count). The van der Waals surface area contributed by atoms with E-state index in [9.17, 15) is 4.79 Å². The zero-order valence-corrected chi connectivity index (χ0v) is 21.3. The van der Waals surface area contributed by atoms with E-state index in [0.717, 1.165) is 16.8 Å². The van der Waals surface area contributed by atoms with Crippen molar-refractivity contribution in [3.63, 3.8) is 0 Å². The van der Waals surface area contributed by atoms with Crippen LogP contribution in [0.5, 0.6) is 0 Å². The molecule has 0 saturated carbocycles. The van der Waals surface area contributed by atoms with E-state index in [4.69, 9.17) is 10.1 Å². The molecule has 0 bridgehead atoms. The van der Waals surface area contributed by atoms with Crippen molar-refractivity contribution in [2.75, 3.05) is 0 Å². The predicted octanol–water partition coefficient (Wildman–Crippen LogP) is 7.59. The molecule has 0 fully saturated rings. The average Bonchev–Trinajstić information content (AvgIpc) is 3.35. The number of allylic oxidation sites excluding steroid dienone is 2. The third-order valence-corrected chi connectivity index (χ3v) is 6.47. The number of nitrogens with zero attached hydrogens (tertiary/aromatic N) is 1. The van der Waals surface area contributed by atoms with Gasteiger partial charge in [0.05, 0.1) is 11.3 Å². The van der Waals surface area contributed by atoms with Gasteiger partial charge in [0.25, 0.3) is 0 Å². The second-order valence-electron chi connectivity index (χ2n) is 7.79. The molecular formula is C28H20IrNO2S-. The summed E-state index contributed by atoms with van der Waals surface area (Å²) in [6.45, 7) is 2.85. The molecule has 0 aliphatic heterocycles.